The number of benzene rings is 1. The highest BCUT2D eigenvalue weighted by Crippen LogP contribution is 2.33. The summed E-state index contributed by atoms with van der Waals surface area (Å²) in [6, 6.07) is 3.26. The number of nitrogens with two attached hydrogens (primary N) is 1. The van der Waals surface area contributed by atoms with Crippen molar-refractivity contribution in [3.63, 3.8) is 0 Å². The Kier molecular flexibility index (Phi) is 1.65. The predicted octanol–water partition coefficient (Wildman–Crippen LogP) is 2.08. The molecule has 1 aliphatic carbocycles. The number of hydrogen-bond donors (Lipinski definition) is 1. The third-order valence-electron chi connectivity index (χ3n) is 2.61. The van der Waals surface area contributed by atoms with Gasteiger partial charge in [0.1, 0.15) is 5.82 Å². The minimum absolute atomic E-state index is 0.0834. The molecule has 64 valence electrons. The average molecular weight is 165 g/mol. The Morgan fingerprint density at radius 2 is 2.25 bits per heavy atom. The fraction of sp³-hybridized carbons (Fsp3) is 0.400. The summed E-state index contributed by atoms with van der Waals surface area (Å²) in [5.74, 6) is -0.138. The average Bonchev–Trinajstić information content (AvgIpc) is 2.42. The van der Waals surface area contributed by atoms with Gasteiger partial charge >= 0.3 is 0 Å². The van der Waals surface area contributed by atoms with Crippen LogP contribution < -0.4 is 5.73 Å². The number of aryl methyl sites for hydroxylation is 1. The normalized spacial score (nSPS) is 21.1. The van der Waals surface area contributed by atoms with E-state index in [1.54, 1.807) is 0 Å². The second kappa shape index (κ2) is 2.56. The van der Waals surface area contributed by atoms with E-state index in [1.807, 2.05) is 13.0 Å². The Bertz CT molecular complexity index is 320. The van der Waals surface area contributed by atoms with Crippen molar-refractivity contribution in [1.82, 2.24) is 0 Å². The van der Waals surface area contributed by atoms with Gasteiger partial charge in [0, 0.05) is 11.6 Å². The van der Waals surface area contributed by atoms with Crippen LogP contribution in [0.25, 0.3) is 0 Å². The summed E-state index contributed by atoms with van der Waals surface area (Å²) in [6.07, 6.45) is 1.82. The molecule has 2 N–H and O–H groups in total. The molecule has 2 heteroatoms. The van der Waals surface area contributed by atoms with Crippen molar-refractivity contribution in [3.05, 3.63) is 34.6 Å². The highest BCUT2D eigenvalue weighted by molar-refractivity contribution is 5.40. The Morgan fingerprint density at radius 3 is 2.92 bits per heavy atom. The Labute approximate surface area is 71.4 Å². The molecule has 0 heterocycles. The zero-order valence-electron chi connectivity index (χ0n) is 7.10. The Hall–Kier alpha value is -0.890. The maximum absolute atomic E-state index is 13.2. The summed E-state index contributed by atoms with van der Waals surface area (Å²) in [5.41, 5.74) is 8.81. The van der Waals surface area contributed by atoms with E-state index in [0.717, 1.165) is 24.0 Å². The zero-order valence-corrected chi connectivity index (χ0v) is 7.10. The van der Waals surface area contributed by atoms with Gasteiger partial charge in [-0.05, 0) is 37.0 Å². The van der Waals surface area contributed by atoms with E-state index in [1.165, 1.54) is 11.6 Å². The van der Waals surface area contributed by atoms with Gasteiger partial charge in [-0.1, -0.05) is 6.07 Å². The van der Waals surface area contributed by atoms with Gasteiger partial charge in [-0.2, -0.15) is 0 Å². The number of rotatable bonds is 0. The molecule has 1 aliphatic rings. The van der Waals surface area contributed by atoms with Crippen molar-refractivity contribution in [1.29, 1.82) is 0 Å². The van der Waals surface area contributed by atoms with Crippen molar-refractivity contribution in [2.24, 2.45) is 5.73 Å². The van der Waals surface area contributed by atoms with Crippen LogP contribution in [0, 0.1) is 12.7 Å². The zero-order chi connectivity index (χ0) is 8.72. The van der Waals surface area contributed by atoms with Crippen molar-refractivity contribution >= 4 is 0 Å². The highest BCUT2D eigenvalue weighted by atomic mass is 19.1. The van der Waals surface area contributed by atoms with Crippen LogP contribution in [-0.4, -0.2) is 0 Å². The summed E-state index contributed by atoms with van der Waals surface area (Å²) in [7, 11) is 0. The van der Waals surface area contributed by atoms with Gasteiger partial charge in [0.2, 0.25) is 0 Å². The van der Waals surface area contributed by atoms with Crippen LogP contribution in [-0.2, 0) is 6.42 Å². The summed E-state index contributed by atoms with van der Waals surface area (Å²) in [5, 5.41) is 0. The summed E-state index contributed by atoms with van der Waals surface area (Å²) < 4.78 is 13.2. The number of hydrogen-bond acceptors (Lipinski definition) is 1. The van der Waals surface area contributed by atoms with Gasteiger partial charge in [-0.15, -0.1) is 0 Å². The molecule has 1 atom stereocenters. The molecule has 0 spiro atoms. The first-order chi connectivity index (χ1) is 5.70. The van der Waals surface area contributed by atoms with Crippen molar-refractivity contribution in [2.45, 2.75) is 25.8 Å². The number of fused-ring (bicyclic) bond motifs is 1. The van der Waals surface area contributed by atoms with Crippen LogP contribution in [0.2, 0.25) is 0 Å². The Balaban J connectivity index is 2.64. The lowest BCUT2D eigenvalue weighted by Crippen LogP contribution is -2.07. The van der Waals surface area contributed by atoms with E-state index in [4.69, 9.17) is 5.73 Å². The lowest BCUT2D eigenvalue weighted by molar-refractivity contribution is 0.588. The monoisotopic (exact) mass is 165 g/mol. The Morgan fingerprint density at radius 1 is 1.50 bits per heavy atom. The van der Waals surface area contributed by atoms with Crippen LogP contribution in [0.4, 0.5) is 4.39 Å². The molecule has 1 aromatic rings. The smallest absolute Gasteiger partial charge is 0.128 e. The summed E-state index contributed by atoms with van der Waals surface area (Å²) in [4.78, 5) is 0. The largest absolute Gasteiger partial charge is 0.324 e. The van der Waals surface area contributed by atoms with E-state index in [-0.39, 0.29) is 11.9 Å². The van der Waals surface area contributed by atoms with Crippen LogP contribution in [0.1, 0.15) is 29.2 Å². The molecule has 0 saturated carbocycles. The van der Waals surface area contributed by atoms with E-state index >= 15 is 0 Å². The molecule has 2 rings (SSSR count). The fourth-order valence-electron chi connectivity index (χ4n) is 1.92. The minimum Gasteiger partial charge on any atom is -0.324 e. The third-order valence-corrected chi connectivity index (χ3v) is 2.61. The second-order valence-electron chi connectivity index (χ2n) is 3.40. The number of halogens is 1. The summed E-state index contributed by atoms with van der Waals surface area (Å²) in [6.45, 7) is 2.01. The second-order valence-corrected chi connectivity index (χ2v) is 3.40. The van der Waals surface area contributed by atoms with Gasteiger partial charge in [-0.25, -0.2) is 4.39 Å². The molecule has 0 saturated heterocycles. The third kappa shape index (κ3) is 0.950. The van der Waals surface area contributed by atoms with Crippen LogP contribution in [0.5, 0.6) is 0 Å². The maximum Gasteiger partial charge on any atom is 0.128 e. The quantitative estimate of drug-likeness (QED) is 0.625. The maximum atomic E-state index is 13.2. The lowest BCUT2D eigenvalue weighted by atomic mass is 10.0. The molecule has 0 aromatic heterocycles. The molecule has 0 amide bonds. The van der Waals surface area contributed by atoms with Gasteiger partial charge in [0.25, 0.3) is 0 Å². The van der Waals surface area contributed by atoms with E-state index in [0.29, 0.717) is 0 Å². The topological polar surface area (TPSA) is 26.0 Å². The molecule has 0 fully saturated rings. The fourth-order valence-corrected chi connectivity index (χ4v) is 1.92. The van der Waals surface area contributed by atoms with E-state index in [9.17, 15) is 4.39 Å². The van der Waals surface area contributed by atoms with Crippen molar-refractivity contribution < 1.29 is 4.39 Å². The van der Waals surface area contributed by atoms with Gasteiger partial charge in [-0.3, -0.25) is 0 Å². The predicted molar refractivity (Wildman–Crippen MR) is 46.4 cm³/mol. The van der Waals surface area contributed by atoms with Gasteiger partial charge in [0.05, 0.1) is 0 Å². The van der Waals surface area contributed by atoms with Crippen molar-refractivity contribution in [2.75, 3.05) is 0 Å². The molecule has 0 bridgehead atoms. The summed E-state index contributed by atoms with van der Waals surface area (Å²) >= 11 is 0. The standard InChI is InChI=1S/C10H12FN/c1-6-2-4-8(11)10-7(6)3-5-9(10)12/h2,4,9H,3,5,12H2,1H3/t9-/m1/s1. The molecular weight excluding hydrogens is 153 g/mol. The lowest BCUT2D eigenvalue weighted by Gasteiger charge is -2.07. The molecule has 0 aliphatic heterocycles. The first kappa shape index (κ1) is 7.74. The molecule has 12 heavy (non-hydrogen) atoms. The van der Waals surface area contributed by atoms with E-state index < -0.39 is 0 Å². The highest BCUT2D eigenvalue weighted by Gasteiger charge is 2.23. The first-order valence-corrected chi connectivity index (χ1v) is 4.23. The molecular formula is C10H12FN. The molecule has 0 unspecified atom stereocenters. The molecule has 1 aromatic carbocycles. The SMILES string of the molecule is Cc1ccc(F)c2c1CC[C@H]2N. The van der Waals surface area contributed by atoms with E-state index in [2.05, 4.69) is 0 Å². The first-order valence-electron chi connectivity index (χ1n) is 4.23. The van der Waals surface area contributed by atoms with Crippen LogP contribution in [0.15, 0.2) is 12.1 Å². The van der Waals surface area contributed by atoms with Crippen LogP contribution in [0.3, 0.4) is 0 Å². The van der Waals surface area contributed by atoms with Gasteiger partial charge in [0.15, 0.2) is 0 Å². The van der Waals surface area contributed by atoms with Crippen molar-refractivity contribution in [3.8, 4) is 0 Å². The molecule has 1 nitrogen and oxygen atoms in total. The van der Waals surface area contributed by atoms with Crippen LogP contribution >= 0.6 is 0 Å². The van der Waals surface area contributed by atoms with Gasteiger partial charge < -0.3 is 5.73 Å². The minimum atomic E-state index is -0.138. The molecule has 0 radical (unpaired) electrons.